The highest BCUT2D eigenvalue weighted by Gasteiger charge is 2.41. The van der Waals surface area contributed by atoms with E-state index in [1.54, 1.807) is 0 Å². The fraction of sp³-hybridized carbons (Fsp3) is 0.750. The lowest BCUT2D eigenvalue weighted by molar-refractivity contribution is -0.130. The zero-order valence-electron chi connectivity index (χ0n) is 7.04. The second-order valence-electron chi connectivity index (χ2n) is 3.54. The zero-order chi connectivity index (χ0) is 8.72. The third kappa shape index (κ3) is 1.03. The number of carbonyl (C=O) groups is 2. The van der Waals surface area contributed by atoms with E-state index < -0.39 is 0 Å². The molecule has 2 fully saturated rings. The van der Waals surface area contributed by atoms with Gasteiger partial charge in [0.1, 0.15) is 0 Å². The summed E-state index contributed by atoms with van der Waals surface area (Å²) in [5.74, 6) is 0.302. The SMILES string of the molecule is CN1CC(=O)N[C@@H]2CCC(=O)[C@@H]21. The number of nitrogens with one attached hydrogen (secondary N) is 1. The van der Waals surface area contributed by atoms with Gasteiger partial charge in [0.05, 0.1) is 18.6 Å². The van der Waals surface area contributed by atoms with Crippen molar-refractivity contribution in [3.05, 3.63) is 0 Å². The van der Waals surface area contributed by atoms with Gasteiger partial charge in [0.15, 0.2) is 5.78 Å². The van der Waals surface area contributed by atoms with E-state index in [1.807, 2.05) is 11.9 Å². The topological polar surface area (TPSA) is 49.4 Å². The van der Waals surface area contributed by atoms with Gasteiger partial charge in [-0.05, 0) is 13.5 Å². The second-order valence-corrected chi connectivity index (χ2v) is 3.54. The Morgan fingerprint density at radius 2 is 2.25 bits per heavy atom. The molecule has 2 rings (SSSR count). The maximum atomic E-state index is 11.3. The third-order valence-corrected chi connectivity index (χ3v) is 2.63. The lowest BCUT2D eigenvalue weighted by Gasteiger charge is -2.33. The summed E-state index contributed by atoms with van der Waals surface area (Å²) in [7, 11) is 1.83. The molecule has 1 saturated carbocycles. The van der Waals surface area contributed by atoms with Crippen LogP contribution in [0.3, 0.4) is 0 Å². The van der Waals surface area contributed by atoms with E-state index in [1.165, 1.54) is 0 Å². The number of fused-ring (bicyclic) bond motifs is 1. The first-order valence-electron chi connectivity index (χ1n) is 4.21. The van der Waals surface area contributed by atoms with Gasteiger partial charge in [0.2, 0.25) is 5.91 Å². The molecule has 1 aliphatic carbocycles. The predicted molar refractivity (Wildman–Crippen MR) is 42.6 cm³/mol. The number of carbonyl (C=O) groups excluding carboxylic acids is 2. The number of amides is 1. The van der Waals surface area contributed by atoms with Gasteiger partial charge in [-0.3, -0.25) is 14.5 Å². The van der Waals surface area contributed by atoms with Gasteiger partial charge in [-0.1, -0.05) is 0 Å². The molecule has 0 aromatic carbocycles. The predicted octanol–water partition coefficient (Wildman–Crippen LogP) is -0.852. The quantitative estimate of drug-likeness (QED) is 0.512. The van der Waals surface area contributed by atoms with Crippen LogP contribution in [0.25, 0.3) is 0 Å². The highest BCUT2D eigenvalue weighted by atomic mass is 16.2. The van der Waals surface area contributed by atoms with Crippen molar-refractivity contribution >= 4 is 11.7 Å². The van der Waals surface area contributed by atoms with Crippen molar-refractivity contribution in [1.29, 1.82) is 0 Å². The van der Waals surface area contributed by atoms with Crippen molar-refractivity contribution < 1.29 is 9.59 Å². The summed E-state index contributed by atoms with van der Waals surface area (Å²) in [5, 5.41) is 2.84. The van der Waals surface area contributed by atoms with Crippen LogP contribution >= 0.6 is 0 Å². The van der Waals surface area contributed by atoms with E-state index in [0.717, 1.165) is 6.42 Å². The van der Waals surface area contributed by atoms with E-state index >= 15 is 0 Å². The molecule has 0 aromatic rings. The average Bonchev–Trinajstić information content (AvgIpc) is 2.31. The second kappa shape index (κ2) is 2.55. The molecule has 0 bridgehead atoms. The molecule has 1 heterocycles. The Balaban J connectivity index is 2.19. The molecule has 0 aromatic heterocycles. The van der Waals surface area contributed by atoms with Crippen LogP contribution in [-0.4, -0.2) is 42.3 Å². The van der Waals surface area contributed by atoms with E-state index in [-0.39, 0.29) is 23.8 Å². The summed E-state index contributed by atoms with van der Waals surface area (Å²) in [6.07, 6.45) is 1.42. The largest absolute Gasteiger partial charge is 0.350 e. The van der Waals surface area contributed by atoms with Crippen molar-refractivity contribution in [1.82, 2.24) is 10.2 Å². The number of hydrogen-bond acceptors (Lipinski definition) is 3. The normalized spacial score (nSPS) is 36.4. The van der Waals surface area contributed by atoms with E-state index in [9.17, 15) is 9.59 Å². The molecule has 0 spiro atoms. The van der Waals surface area contributed by atoms with Crippen molar-refractivity contribution in [2.75, 3.05) is 13.6 Å². The van der Waals surface area contributed by atoms with Crippen LogP contribution in [0.5, 0.6) is 0 Å². The summed E-state index contributed by atoms with van der Waals surface area (Å²) >= 11 is 0. The van der Waals surface area contributed by atoms with Gasteiger partial charge in [-0.2, -0.15) is 0 Å². The Hall–Kier alpha value is -0.900. The minimum Gasteiger partial charge on any atom is -0.350 e. The highest BCUT2D eigenvalue weighted by Crippen LogP contribution is 2.22. The molecule has 66 valence electrons. The number of Topliss-reactive ketones (excluding diaryl/α,β-unsaturated/α-hetero) is 1. The molecule has 2 aliphatic rings. The Bertz CT molecular complexity index is 239. The van der Waals surface area contributed by atoms with Gasteiger partial charge < -0.3 is 5.32 Å². The van der Waals surface area contributed by atoms with Gasteiger partial charge in [-0.25, -0.2) is 0 Å². The molecule has 1 N–H and O–H groups in total. The summed E-state index contributed by atoms with van der Waals surface area (Å²) in [6, 6.07) is 0.0199. The van der Waals surface area contributed by atoms with Crippen LogP contribution in [0.2, 0.25) is 0 Å². The summed E-state index contributed by atoms with van der Waals surface area (Å²) < 4.78 is 0. The number of likely N-dealkylation sites (N-methyl/N-ethyl adjacent to an activating group) is 1. The lowest BCUT2D eigenvalue weighted by atomic mass is 10.1. The molecule has 1 saturated heterocycles. The van der Waals surface area contributed by atoms with Crippen LogP contribution in [0.1, 0.15) is 12.8 Å². The zero-order valence-corrected chi connectivity index (χ0v) is 7.04. The maximum Gasteiger partial charge on any atom is 0.234 e. The Kier molecular flexibility index (Phi) is 1.65. The minimum absolute atomic E-state index is 0.0356. The van der Waals surface area contributed by atoms with Gasteiger partial charge in [0.25, 0.3) is 0 Å². The van der Waals surface area contributed by atoms with Crippen LogP contribution in [0.4, 0.5) is 0 Å². The molecule has 0 radical (unpaired) electrons. The molecular weight excluding hydrogens is 156 g/mol. The smallest absolute Gasteiger partial charge is 0.234 e. The van der Waals surface area contributed by atoms with Crippen LogP contribution in [0, 0.1) is 0 Å². The van der Waals surface area contributed by atoms with Crippen LogP contribution < -0.4 is 5.32 Å². The molecule has 1 aliphatic heterocycles. The van der Waals surface area contributed by atoms with Crippen LogP contribution in [0.15, 0.2) is 0 Å². The number of nitrogens with zero attached hydrogens (tertiary/aromatic N) is 1. The van der Waals surface area contributed by atoms with Crippen LogP contribution in [-0.2, 0) is 9.59 Å². The van der Waals surface area contributed by atoms with E-state index in [0.29, 0.717) is 13.0 Å². The first-order chi connectivity index (χ1) is 5.68. The molecular formula is C8H12N2O2. The van der Waals surface area contributed by atoms with Gasteiger partial charge in [-0.15, -0.1) is 0 Å². The fourth-order valence-corrected chi connectivity index (χ4v) is 2.11. The summed E-state index contributed by atoms with van der Waals surface area (Å²) in [6.45, 7) is 0.354. The van der Waals surface area contributed by atoms with E-state index in [4.69, 9.17) is 0 Å². The van der Waals surface area contributed by atoms with Gasteiger partial charge in [0, 0.05) is 6.42 Å². The number of rotatable bonds is 0. The first-order valence-corrected chi connectivity index (χ1v) is 4.21. The monoisotopic (exact) mass is 168 g/mol. The third-order valence-electron chi connectivity index (χ3n) is 2.63. The highest BCUT2D eigenvalue weighted by molar-refractivity contribution is 5.91. The Morgan fingerprint density at radius 1 is 1.50 bits per heavy atom. The standard InChI is InChI=1S/C8H12N2O2/c1-10-4-7(12)9-5-2-3-6(11)8(5)10/h5,8H,2-4H2,1H3,(H,9,12)/t5-,8-/m1/s1. The number of hydrogen-bond donors (Lipinski definition) is 1. The average molecular weight is 168 g/mol. The first kappa shape index (κ1) is 7.73. The van der Waals surface area contributed by atoms with Gasteiger partial charge >= 0.3 is 0 Å². The molecule has 12 heavy (non-hydrogen) atoms. The molecule has 1 amide bonds. The summed E-state index contributed by atoms with van der Waals surface area (Å²) in [5.41, 5.74) is 0. The number of piperazine rings is 1. The fourth-order valence-electron chi connectivity index (χ4n) is 2.11. The summed E-state index contributed by atoms with van der Waals surface area (Å²) in [4.78, 5) is 24.2. The van der Waals surface area contributed by atoms with Crippen molar-refractivity contribution in [3.8, 4) is 0 Å². The Morgan fingerprint density at radius 3 is 3.00 bits per heavy atom. The van der Waals surface area contributed by atoms with Crippen molar-refractivity contribution in [2.24, 2.45) is 0 Å². The van der Waals surface area contributed by atoms with Crippen molar-refractivity contribution in [2.45, 2.75) is 24.9 Å². The minimum atomic E-state index is -0.0531. The lowest BCUT2D eigenvalue weighted by Crippen LogP contribution is -2.58. The molecule has 0 unspecified atom stereocenters. The molecule has 2 atom stereocenters. The van der Waals surface area contributed by atoms with E-state index in [2.05, 4.69) is 5.32 Å². The molecule has 4 nitrogen and oxygen atoms in total. The maximum absolute atomic E-state index is 11.3. The number of ketones is 1. The van der Waals surface area contributed by atoms with Crippen molar-refractivity contribution in [3.63, 3.8) is 0 Å². The Labute approximate surface area is 70.9 Å². The molecule has 4 heteroatoms.